The summed E-state index contributed by atoms with van der Waals surface area (Å²) >= 11 is 5.83. The molecule has 96 valence electrons. The predicted octanol–water partition coefficient (Wildman–Crippen LogP) is 3.16. The molecule has 1 unspecified atom stereocenters. The van der Waals surface area contributed by atoms with Gasteiger partial charge >= 0.3 is 6.18 Å². The Morgan fingerprint density at radius 1 is 1.44 bits per heavy atom. The van der Waals surface area contributed by atoms with E-state index < -0.39 is 18.3 Å². The van der Waals surface area contributed by atoms with E-state index in [9.17, 15) is 18.4 Å². The SMILES string of the molecule is N#CC1(NCC(F)(F)F)CCc2cc(Cl)ccc21. The summed E-state index contributed by atoms with van der Waals surface area (Å²) < 4.78 is 36.8. The van der Waals surface area contributed by atoms with Gasteiger partial charge in [0.2, 0.25) is 0 Å². The van der Waals surface area contributed by atoms with Crippen molar-refractivity contribution in [3.8, 4) is 6.07 Å². The summed E-state index contributed by atoms with van der Waals surface area (Å²) in [5.74, 6) is 0. The van der Waals surface area contributed by atoms with Crippen LogP contribution in [0.15, 0.2) is 18.2 Å². The molecule has 0 spiro atoms. The first kappa shape index (κ1) is 13.2. The zero-order valence-corrected chi connectivity index (χ0v) is 10.1. The van der Waals surface area contributed by atoms with Gasteiger partial charge in [-0.1, -0.05) is 17.7 Å². The van der Waals surface area contributed by atoms with Crippen LogP contribution in [0.5, 0.6) is 0 Å². The average molecular weight is 275 g/mol. The minimum Gasteiger partial charge on any atom is -0.287 e. The van der Waals surface area contributed by atoms with E-state index >= 15 is 0 Å². The van der Waals surface area contributed by atoms with E-state index in [-0.39, 0.29) is 0 Å². The van der Waals surface area contributed by atoms with Gasteiger partial charge < -0.3 is 0 Å². The third-order valence-corrected chi connectivity index (χ3v) is 3.31. The van der Waals surface area contributed by atoms with Crippen LogP contribution in [0.3, 0.4) is 0 Å². The maximum Gasteiger partial charge on any atom is 0.401 e. The molecule has 2 rings (SSSR count). The van der Waals surface area contributed by atoms with E-state index in [2.05, 4.69) is 5.32 Å². The highest BCUT2D eigenvalue weighted by Gasteiger charge is 2.41. The first-order valence-electron chi connectivity index (χ1n) is 5.38. The molecule has 0 heterocycles. The first-order chi connectivity index (χ1) is 8.36. The normalized spacial score (nSPS) is 22.6. The van der Waals surface area contributed by atoms with Gasteiger partial charge in [-0.2, -0.15) is 18.4 Å². The molecule has 0 saturated carbocycles. The fraction of sp³-hybridized carbons (Fsp3) is 0.417. The Morgan fingerprint density at radius 3 is 2.78 bits per heavy atom. The standard InChI is InChI=1S/C12H10ClF3N2/c13-9-1-2-10-8(5-9)3-4-11(10,6-17)18-7-12(14,15)16/h1-2,5,18H,3-4,7H2. The van der Waals surface area contributed by atoms with Crippen LogP contribution < -0.4 is 5.32 Å². The monoisotopic (exact) mass is 274 g/mol. The van der Waals surface area contributed by atoms with Crippen molar-refractivity contribution in [3.05, 3.63) is 34.3 Å². The Bertz CT molecular complexity index is 507. The molecule has 0 amide bonds. The molecular weight excluding hydrogens is 265 g/mol. The summed E-state index contributed by atoms with van der Waals surface area (Å²) in [7, 11) is 0. The van der Waals surface area contributed by atoms with Crippen LogP contribution in [0.1, 0.15) is 17.5 Å². The summed E-state index contributed by atoms with van der Waals surface area (Å²) in [5.41, 5.74) is 0.174. The van der Waals surface area contributed by atoms with E-state index in [4.69, 9.17) is 11.6 Å². The molecule has 1 aromatic rings. The van der Waals surface area contributed by atoms with E-state index in [1.807, 2.05) is 6.07 Å². The lowest BCUT2D eigenvalue weighted by Crippen LogP contribution is -2.44. The molecule has 0 aromatic heterocycles. The van der Waals surface area contributed by atoms with Crippen LogP contribution in [-0.2, 0) is 12.0 Å². The van der Waals surface area contributed by atoms with Gasteiger partial charge in [-0.25, -0.2) is 0 Å². The molecule has 1 aliphatic rings. The number of alkyl halides is 3. The Hall–Kier alpha value is -1.25. The molecule has 0 bridgehead atoms. The summed E-state index contributed by atoms with van der Waals surface area (Å²) in [6, 6.07) is 6.88. The molecule has 1 aromatic carbocycles. The number of rotatable bonds is 2. The van der Waals surface area contributed by atoms with Crippen LogP contribution >= 0.6 is 11.6 Å². The molecular formula is C12H10ClF3N2. The highest BCUT2D eigenvalue weighted by Crippen LogP contribution is 2.38. The lowest BCUT2D eigenvalue weighted by molar-refractivity contribution is -0.127. The van der Waals surface area contributed by atoms with Crippen LogP contribution in [0.2, 0.25) is 5.02 Å². The number of nitrogens with zero attached hydrogens (tertiary/aromatic N) is 1. The number of hydrogen-bond acceptors (Lipinski definition) is 2. The Balaban J connectivity index is 2.30. The van der Waals surface area contributed by atoms with E-state index in [0.29, 0.717) is 23.4 Å². The van der Waals surface area contributed by atoms with Crippen molar-refractivity contribution in [2.75, 3.05) is 6.54 Å². The maximum atomic E-state index is 12.3. The number of hydrogen-bond donors (Lipinski definition) is 1. The summed E-state index contributed by atoms with van der Waals surface area (Å²) in [5, 5.41) is 12.1. The molecule has 1 N–H and O–H groups in total. The summed E-state index contributed by atoms with van der Waals surface area (Å²) in [6.45, 7) is -1.18. The van der Waals surface area contributed by atoms with Gasteiger partial charge in [-0.3, -0.25) is 5.32 Å². The second kappa shape index (κ2) is 4.45. The number of benzene rings is 1. The molecule has 1 atom stereocenters. The number of nitriles is 1. The van der Waals surface area contributed by atoms with Crippen molar-refractivity contribution in [1.29, 1.82) is 5.26 Å². The molecule has 18 heavy (non-hydrogen) atoms. The van der Waals surface area contributed by atoms with Gasteiger partial charge in [0.05, 0.1) is 12.6 Å². The summed E-state index contributed by atoms with van der Waals surface area (Å²) in [4.78, 5) is 0. The minimum atomic E-state index is -4.33. The fourth-order valence-corrected chi connectivity index (χ4v) is 2.43. The minimum absolute atomic E-state index is 0.329. The highest BCUT2D eigenvalue weighted by molar-refractivity contribution is 6.30. The lowest BCUT2D eigenvalue weighted by Gasteiger charge is -2.24. The van der Waals surface area contributed by atoms with Crippen molar-refractivity contribution in [3.63, 3.8) is 0 Å². The molecule has 0 fully saturated rings. The maximum absolute atomic E-state index is 12.3. The topological polar surface area (TPSA) is 35.8 Å². The Morgan fingerprint density at radius 2 is 2.17 bits per heavy atom. The fourth-order valence-electron chi connectivity index (χ4n) is 2.23. The van der Waals surface area contributed by atoms with Crippen LogP contribution in [-0.4, -0.2) is 12.7 Å². The summed E-state index contributed by atoms with van der Waals surface area (Å²) in [6.07, 6.45) is -3.46. The molecule has 2 nitrogen and oxygen atoms in total. The third-order valence-electron chi connectivity index (χ3n) is 3.08. The predicted molar refractivity (Wildman–Crippen MR) is 61.1 cm³/mol. The molecule has 0 saturated heterocycles. The van der Waals surface area contributed by atoms with Gasteiger partial charge in [0, 0.05) is 5.02 Å². The number of halogens is 4. The third kappa shape index (κ3) is 2.45. The average Bonchev–Trinajstić information content (AvgIpc) is 2.64. The number of aryl methyl sites for hydroxylation is 1. The largest absolute Gasteiger partial charge is 0.401 e. The van der Waals surface area contributed by atoms with Gasteiger partial charge in [0.15, 0.2) is 0 Å². The van der Waals surface area contributed by atoms with E-state index in [0.717, 1.165) is 5.56 Å². The van der Waals surface area contributed by atoms with Gasteiger partial charge in [-0.15, -0.1) is 0 Å². The van der Waals surface area contributed by atoms with Crippen molar-refractivity contribution in [1.82, 2.24) is 5.32 Å². The highest BCUT2D eigenvalue weighted by atomic mass is 35.5. The zero-order valence-electron chi connectivity index (χ0n) is 9.31. The van der Waals surface area contributed by atoms with Crippen molar-refractivity contribution in [2.45, 2.75) is 24.6 Å². The smallest absolute Gasteiger partial charge is 0.287 e. The molecule has 0 aliphatic heterocycles. The quantitative estimate of drug-likeness (QED) is 0.899. The van der Waals surface area contributed by atoms with E-state index in [1.165, 1.54) is 0 Å². The second-order valence-electron chi connectivity index (χ2n) is 4.29. The van der Waals surface area contributed by atoms with Crippen molar-refractivity contribution >= 4 is 11.6 Å². The lowest BCUT2D eigenvalue weighted by atomic mass is 9.93. The first-order valence-corrected chi connectivity index (χ1v) is 5.76. The van der Waals surface area contributed by atoms with Crippen LogP contribution in [0.25, 0.3) is 0 Å². The van der Waals surface area contributed by atoms with Gasteiger partial charge in [0.1, 0.15) is 5.54 Å². The molecule has 0 radical (unpaired) electrons. The van der Waals surface area contributed by atoms with Crippen molar-refractivity contribution < 1.29 is 13.2 Å². The van der Waals surface area contributed by atoms with E-state index in [1.54, 1.807) is 18.2 Å². The molecule has 1 aliphatic carbocycles. The molecule has 6 heteroatoms. The van der Waals surface area contributed by atoms with Gasteiger partial charge in [-0.05, 0) is 36.1 Å². The number of nitrogens with one attached hydrogen (secondary N) is 1. The Labute approximate surface area is 107 Å². The van der Waals surface area contributed by atoms with Crippen LogP contribution in [0, 0.1) is 11.3 Å². The Kier molecular flexibility index (Phi) is 3.26. The zero-order chi connectivity index (χ0) is 13.4. The second-order valence-corrected chi connectivity index (χ2v) is 4.72. The van der Waals surface area contributed by atoms with Crippen LogP contribution in [0.4, 0.5) is 13.2 Å². The van der Waals surface area contributed by atoms with Gasteiger partial charge in [0.25, 0.3) is 0 Å². The number of fused-ring (bicyclic) bond motifs is 1. The van der Waals surface area contributed by atoms with Crippen molar-refractivity contribution in [2.24, 2.45) is 0 Å².